The van der Waals surface area contributed by atoms with Crippen molar-refractivity contribution in [1.82, 2.24) is 9.55 Å². The molecule has 0 bridgehead atoms. The van der Waals surface area contributed by atoms with Crippen molar-refractivity contribution >= 4 is 5.69 Å². The summed E-state index contributed by atoms with van der Waals surface area (Å²) in [6.45, 7) is 0.323. The third-order valence-electron chi connectivity index (χ3n) is 2.41. The van der Waals surface area contributed by atoms with Crippen molar-refractivity contribution in [2.24, 2.45) is 0 Å². The van der Waals surface area contributed by atoms with Gasteiger partial charge < -0.3 is 0 Å². The molecule has 1 aromatic heterocycles. The molecule has 14 heavy (non-hydrogen) atoms. The maximum Gasteiger partial charge on any atom is 0.280 e. The number of nitroso groups, excluding NO2 is 1. The van der Waals surface area contributed by atoms with Gasteiger partial charge in [0.05, 0.1) is 0 Å². The molecule has 1 aliphatic rings. The lowest BCUT2D eigenvalue weighted by atomic mass is 10.2. The Morgan fingerprint density at radius 2 is 2.21 bits per heavy atom. The van der Waals surface area contributed by atoms with Gasteiger partial charge in [0.25, 0.3) is 12.2 Å². The van der Waals surface area contributed by atoms with Gasteiger partial charge in [0, 0.05) is 28.1 Å². The number of hydrogen-bond donors (Lipinski definition) is 0. The van der Waals surface area contributed by atoms with Gasteiger partial charge in [0.1, 0.15) is 5.69 Å². The lowest BCUT2D eigenvalue weighted by molar-refractivity contribution is -0.484. The molecule has 0 aliphatic carbocycles. The number of rotatable bonds is 0. The number of nitrogens with zero attached hydrogens (tertiary/aromatic N) is 3. The van der Waals surface area contributed by atoms with E-state index in [1.165, 1.54) is 0 Å². The zero-order valence-corrected chi connectivity index (χ0v) is 7.42. The van der Waals surface area contributed by atoms with E-state index in [0.29, 0.717) is 12.2 Å². The van der Waals surface area contributed by atoms with Crippen LogP contribution in [0.1, 0.15) is 5.82 Å². The Hall–Kier alpha value is -1.97. The van der Waals surface area contributed by atoms with Crippen LogP contribution >= 0.6 is 0 Å². The van der Waals surface area contributed by atoms with Crippen molar-refractivity contribution in [3.05, 3.63) is 47.4 Å². The number of fused-ring (bicyclic) bond motifs is 3. The average Bonchev–Trinajstić information content (AvgIpc) is 2.66. The molecule has 2 heterocycles. The molecule has 0 unspecified atom stereocenters. The minimum atomic E-state index is 0.323. The van der Waals surface area contributed by atoms with Gasteiger partial charge in [-0.2, -0.15) is 0 Å². The predicted molar refractivity (Wildman–Crippen MR) is 50.6 cm³/mol. The summed E-state index contributed by atoms with van der Waals surface area (Å²) in [5.41, 5.74) is 1.61. The zero-order chi connectivity index (χ0) is 9.54. The van der Waals surface area contributed by atoms with Crippen LogP contribution in [0.4, 0.5) is 5.69 Å². The SMILES string of the molecule is O=[N+]1Cc2nccn2-c2ccccc21. The second kappa shape index (κ2) is 2.51. The van der Waals surface area contributed by atoms with Gasteiger partial charge in [0.2, 0.25) is 0 Å². The van der Waals surface area contributed by atoms with Crippen LogP contribution in [0, 0.1) is 4.91 Å². The monoisotopic (exact) mass is 186 g/mol. The van der Waals surface area contributed by atoms with E-state index in [2.05, 4.69) is 4.98 Å². The van der Waals surface area contributed by atoms with Crippen molar-refractivity contribution in [3.8, 4) is 5.69 Å². The molecular weight excluding hydrogens is 178 g/mol. The minimum Gasteiger partial charge on any atom is -0.292 e. The first-order chi connectivity index (χ1) is 6.86. The highest BCUT2D eigenvalue weighted by molar-refractivity contribution is 5.53. The van der Waals surface area contributed by atoms with Gasteiger partial charge in [-0.1, -0.05) is 12.1 Å². The summed E-state index contributed by atoms with van der Waals surface area (Å²) < 4.78 is 2.92. The predicted octanol–water partition coefficient (Wildman–Crippen LogP) is 1.80. The van der Waals surface area contributed by atoms with Crippen molar-refractivity contribution in [3.63, 3.8) is 0 Å². The highest BCUT2D eigenvalue weighted by atomic mass is 16.3. The van der Waals surface area contributed by atoms with Crippen molar-refractivity contribution in [1.29, 1.82) is 0 Å². The van der Waals surface area contributed by atoms with E-state index < -0.39 is 0 Å². The Labute approximate surface area is 80.4 Å². The molecule has 1 aliphatic heterocycles. The lowest BCUT2D eigenvalue weighted by Crippen LogP contribution is -2.15. The van der Waals surface area contributed by atoms with Crippen molar-refractivity contribution < 1.29 is 4.76 Å². The number of imidazole rings is 1. The van der Waals surface area contributed by atoms with Gasteiger partial charge in [-0.15, -0.1) is 0 Å². The van der Waals surface area contributed by atoms with Gasteiger partial charge >= 0.3 is 0 Å². The quantitative estimate of drug-likeness (QED) is 0.588. The molecule has 0 radical (unpaired) electrons. The molecule has 0 fully saturated rings. The van der Waals surface area contributed by atoms with E-state index in [-0.39, 0.29) is 0 Å². The molecule has 4 nitrogen and oxygen atoms in total. The topological polar surface area (TPSA) is 37.9 Å². The summed E-state index contributed by atoms with van der Waals surface area (Å²) in [6.07, 6.45) is 3.59. The number of aromatic nitrogens is 2. The Balaban J connectivity index is 2.36. The first-order valence-electron chi connectivity index (χ1n) is 4.42. The fraction of sp³-hybridized carbons (Fsp3) is 0.100. The fourth-order valence-corrected chi connectivity index (χ4v) is 1.76. The Morgan fingerprint density at radius 3 is 3.14 bits per heavy atom. The van der Waals surface area contributed by atoms with Crippen LogP contribution in [-0.2, 0) is 6.54 Å². The molecule has 0 amide bonds. The molecule has 0 atom stereocenters. The van der Waals surface area contributed by atoms with Crippen LogP contribution in [0.25, 0.3) is 5.69 Å². The highest BCUT2D eigenvalue weighted by Crippen LogP contribution is 2.28. The molecule has 3 rings (SSSR count). The fourth-order valence-electron chi connectivity index (χ4n) is 1.76. The van der Waals surface area contributed by atoms with Crippen molar-refractivity contribution in [2.75, 3.05) is 0 Å². The number of para-hydroxylation sites is 2. The normalized spacial score (nSPS) is 13.6. The molecule has 4 heteroatoms. The number of benzene rings is 1. The molecular formula is C10H8N3O+. The summed E-state index contributed by atoms with van der Waals surface area (Å²) in [7, 11) is 0. The summed E-state index contributed by atoms with van der Waals surface area (Å²) in [6, 6.07) is 7.53. The van der Waals surface area contributed by atoms with Crippen molar-refractivity contribution in [2.45, 2.75) is 6.54 Å². The van der Waals surface area contributed by atoms with Crippen LogP contribution in [0.3, 0.4) is 0 Å². The van der Waals surface area contributed by atoms with Gasteiger partial charge in [-0.25, -0.2) is 4.98 Å². The average molecular weight is 186 g/mol. The Kier molecular flexibility index (Phi) is 1.33. The molecule has 1 aromatic carbocycles. The zero-order valence-electron chi connectivity index (χ0n) is 7.42. The summed E-state index contributed by atoms with van der Waals surface area (Å²) in [4.78, 5) is 15.7. The molecule has 0 spiro atoms. The van der Waals surface area contributed by atoms with Gasteiger partial charge in [-0.3, -0.25) is 4.57 Å². The third kappa shape index (κ3) is 0.849. The summed E-state index contributed by atoms with van der Waals surface area (Å²) in [5.74, 6) is 0.790. The van der Waals surface area contributed by atoms with E-state index in [4.69, 9.17) is 0 Å². The second-order valence-electron chi connectivity index (χ2n) is 3.24. The third-order valence-corrected chi connectivity index (χ3v) is 2.41. The Morgan fingerprint density at radius 1 is 1.36 bits per heavy atom. The van der Waals surface area contributed by atoms with Gasteiger partial charge in [0.15, 0.2) is 5.82 Å². The summed E-state index contributed by atoms with van der Waals surface area (Å²) >= 11 is 0. The van der Waals surface area contributed by atoms with E-state index in [9.17, 15) is 4.91 Å². The van der Waals surface area contributed by atoms with Crippen LogP contribution in [0.15, 0.2) is 36.7 Å². The standard InChI is InChI=1S/C10H8N3O/c14-13-7-10-11-5-6-12(10)8-3-1-2-4-9(8)13/h1-6H,7H2/q+1. The largest absolute Gasteiger partial charge is 0.292 e. The van der Waals surface area contributed by atoms with Gasteiger partial charge in [-0.05, 0) is 6.07 Å². The first kappa shape index (κ1) is 7.44. The van der Waals surface area contributed by atoms with Crippen LogP contribution in [0.2, 0.25) is 0 Å². The Bertz CT molecular complexity index is 516. The van der Waals surface area contributed by atoms with E-state index >= 15 is 0 Å². The highest BCUT2D eigenvalue weighted by Gasteiger charge is 2.28. The second-order valence-corrected chi connectivity index (χ2v) is 3.24. The summed E-state index contributed by atoms with van der Waals surface area (Å²) in [5, 5.41) is 0. The number of hydrogen-bond acceptors (Lipinski definition) is 2. The minimum absolute atomic E-state index is 0.323. The van der Waals surface area contributed by atoms with E-state index in [1.54, 1.807) is 6.20 Å². The van der Waals surface area contributed by atoms with Crippen LogP contribution in [-0.4, -0.2) is 14.3 Å². The first-order valence-corrected chi connectivity index (χ1v) is 4.42. The molecule has 0 saturated heterocycles. The maximum atomic E-state index is 11.6. The molecule has 0 saturated carbocycles. The van der Waals surface area contributed by atoms with E-state index in [0.717, 1.165) is 16.3 Å². The van der Waals surface area contributed by atoms with E-state index in [1.807, 2.05) is 35.0 Å². The van der Waals surface area contributed by atoms with Crippen LogP contribution < -0.4 is 0 Å². The lowest BCUT2D eigenvalue weighted by Gasteiger charge is -2.10. The molecule has 2 aromatic rings. The smallest absolute Gasteiger partial charge is 0.280 e. The molecule has 68 valence electrons. The van der Waals surface area contributed by atoms with Crippen LogP contribution in [0.5, 0.6) is 0 Å². The molecule has 0 N–H and O–H groups in total. The maximum absolute atomic E-state index is 11.6.